The quantitative estimate of drug-likeness (QED) is 0.540. The van der Waals surface area contributed by atoms with Crippen LogP contribution in [-0.4, -0.2) is 37.0 Å². The summed E-state index contributed by atoms with van der Waals surface area (Å²) in [6, 6.07) is 13.8. The maximum atomic E-state index is 11.7. The van der Waals surface area contributed by atoms with Gasteiger partial charge in [-0.1, -0.05) is 30.3 Å². The molecule has 0 bridgehead atoms. The maximum Gasteiger partial charge on any atom is 0.331 e. The van der Waals surface area contributed by atoms with Crippen molar-refractivity contribution in [2.75, 3.05) is 13.2 Å². The molecule has 0 fully saturated rings. The predicted octanol–water partition coefficient (Wildman–Crippen LogP) is 2.61. The van der Waals surface area contributed by atoms with Crippen molar-refractivity contribution in [3.05, 3.63) is 53.4 Å². The third-order valence-electron chi connectivity index (χ3n) is 3.31. The summed E-state index contributed by atoms with van der Waals surface area (Å²) in [6.07, 6.45) is 2.92. The summed E-state index contributed by atoms with van der Waals surface area (Å²) in [6.45, 7) is 3.06. The third kappa shape index (κ3) is 7.45. The van der Waals surface area contributed by atoms with Crippen LogP contribution in [0.5, 0.6) is 0 Å². The van der Waals surface area contributed by atoms with Crippen molar-refractivity contribution in [2.45, 2.75) is 19.9 Å². The maximum absolute atomic E-state index is 11.7. The highest BCUT2D eigenvalue weighted by Gasteiger charge is 2.08. The third-order valence-corrected chi connectivity index (χ3v) is 4.41. The van der Waals surface area contributed by atoms with Crippen molar-refractivity contribution >= 4 is 35.2 Å². The summed E-state index contributed by atoms with van der Waals surface area (Å²) >= 11 is 1.55. The first-order valence-electron chi connectivity index (χ1n) is 8.50. The fraction of sp³-hybridized carbons (Fsp3) is 0.250. The average molecular weight is 386 g/mol. The fourth-order valence-electron chi connectivity index (χ4n) is 2.14. The lowest BCUT2D eigenvalue weighted by Gasteiger charge is -2.09. The monoisotopic (exact) mass is 386 g/mol. The number of carbonyl (C=O) groups excluding carboxylic acids is 3. The Bertz CT molecular complexity index is 812. The first-order chi connectivity index (χ1) is 12.9. The minimum atomic E-state index is -0.619. The molecular formula is C20H22N2O4S. The van der Waals surface area contributed by atoms with Crippen LogP contribution in [0.1, 0.15) is 18.7 Å². The van der Waals surface area contributed by atoms with E-state index in [1.54, 1.807) is 17.4 Å². The van der Waals surface area contributed by atoms with Crippen molar-refractivity contribution in [2.24, 2.45) is 0 Å². The van der Waals surface area contributed by atoms with Gasteiger partial charge in [-0.15, -0.1) is 11.3 Å². The molecule has 1 aromatic heterocycles. The van der Waals surface area contributed by atoms with E-state index in [1.807, 2.05) is 56.3 Å². The normalized spacial score (nSPS) is 10.8. The Kier molecular flexibility index (Phi) is 7.76. The van der Waals surface area contributed by atoms with E-state index in [-0.39, 0.29) is 18.5 Å². The first kappa shape index (κ1) is 20.4. The molecule has 0 atom stereocenters. The standard InChI is InChI=1S/C20H22N2O4S/c1-14(2)22-18(23)12-21-19(24)13-26-20(25)11-9-16-8-10-17(27-16)15-6-4-3-5-7-15/h3-11,14H,12-13H2,1-2H3,(H,21,24)(H,22,23)/b11-9+. The van der Waals surface area contributed by atoms with Crippen LogP contribution in [0, 0.1) is 0 Å². The van der Waals surface area contributed by atoms with Gasteiger partial charge in [0.2, 0.25) is 5.91 Å². The molecule has 142 valence electrons. The lowest BCUT2D eigenvalue weighted by molar-refractivity contribution is -0.143. The molecular weight excluding hydrogens is 364 g/mol. The van der Waals surface area contributed by atoms with E-state index in [1.165, 1.54) is 6.08 Å². The molecule has 0 saturated carbocycles. The summed E-state index contributed by atoms with van der Waals surface area (Å²) in [5.74, 6) is -1.44. The Morgan fingerprint density at radius 3 is 2.52 bits per heavy atom. The zero-order valence-electron chi connectivity index (χ0n) is 15.2. The second-order valence-electron chi connectivity index (χ2n) is 6.01. The number of carbonyl (C=O) groups is 3. The highest BCUT2D eigenvalue weighted by molar-refractivity contribution is 7.16. The van der Waals surface area contributed by atoms with Crippen LogP contribution in [-0.2, 0) is 19.1 Å². The molecule has 0 unspecified atom stereocenters. The van der Waals surface area contributed by atoms with Crippen molar-refractivity contribution in [3.63, 3.8) is 0 Å². The van der Waals surface area contributed by atoms with Crippen LogP contribution in [0.15, 0.2) is 48.5 Å². The summed E-state index contributed by atoms with van der Waals surface area (Å²) in [7, 11) is 0. The highest BCUT2D eigenvalue weighted by Crippen LogP contribution is 2.28. The molecule has 0 saturated heterocycles. The molecule has 0 aliphatic rings. The Morgan fingerprint density at radius 2 is 1.81 bits per heavy atom. The number of hydrogen-bond acceptors (Lipinski definition) is 5. The fourth-order valence-corrected chi connectivity index (χ4v) is 3.05. The van der Waals surface area contributed by atoms with Gasteiger partial charge in [0.1, 0.15) is 0 Å². The molecule has 0 aliphatic carbocycles. The molecule has 6 nitrogen and oxygen atoms in total. The van der Waals surface area contributed by atoms with Gasteiger partial charge in [-0.25, -0.2) is 4.79 Å². The van der Waals surface area contributed by atoms with Crippen LogP contribution in [0.2, 0.25) is 0 Å². The van der Waals surface area contributed by atoms with Crippen LogP contribution < -0.4 is 10.6 Å². The number of nitrogens with one attached hydrogen (secondary N) is 2. The van der Waals surface area contributed by atoms with Gasteiger partial charge in [-0.3, -0.25) is 9.59 Å². The van der Waals surface area contributed by atoms with E-state index in [4.69, 9.17) is 4.74 Å². The molecule has 2 N–H and O–H groups in total. The lowest BCUT2D eigenvalue weighted by Crippen LogP contribution is -2.41. The minimum Gasteiger partial charge on any atom is -0.452 e. The van der Waals surface area contributed by atoms with Gasteiger partial charge >= 0.3 is 5.97 Å². The van der Waals surface area contributed by atoms with Gasteiger partial charge in [0.25, 0.3) is 5.91 Å². The van der Waals surface area contributed by atoms with Gasteiger partial charge in [0.05, 0.1) is 6.54 Å². The number of esters is 1. The Balaban J connectivity index is 1.75. The molecule has 0 radical (unpaired) electrons. The smallest absolute Gasteiger partial charge is 0.331 e. The predicted molar refractivity (Wildman–Crippen MR) is 106 cm³/mol. The van der Waals surface area contributed by atoms with Gasteiger partial charge in [-0.2, -0.15) is 0 Å². The van der Waals surface area contributed by atoms with E-state index in [0.717, 1.165) is 15.3 Å². The van der Waals surface area contributed by atoms with E-state index in [2.05, 4.69) is 10.6 Å². The summed E-state index contributed by atoms with van der Waals surface area (Å²) in [4.78, 5) is 36.7. The van der Waals surface area contributed by atoms with Crippen LogP contribution in [0.3, 0.4) is 0 Å². The molecule has 0 aliphatic heterocycles. The van der Waals surface area contributed by atoms with Gasteiger partial charge in [0, 0.05) is 21.9 Å². The van der Waals surface area contributed by atoms with Gasteiger partial charge in [-0.05, 0) is 37.6 Å². The molecule has 2 aromatic rings. The number of benzene rings is 1. The van der Waals surface area contributed by atoms with E-state index >= 15 is 0 Å². The lowest BCUT2D eigenvalue weighted by atomic mass is 10.2. The second-order valence-corrected chi connectivity index (χ2v) is 7.12. The second kappa shape index (κ2) is 10.3. The Hall–Kier alpha value is -2.93. The van der Waals surface area contributed by atoms with Crippen molar-refractivity contribution in [1.82, 2.24) is 10.6 Å². The SMILES string of the molecule is CC(C)NC(=O)CNC(=O)COC(=O)/C=C/c1ccc(-c2ccccc2)s1. The molecule has 7 heteroatoms. The van der Waals surface area contributed by atoms with Crippen LogP contribution in [0.4, 0.5) is 0 Å². The van der Waals surface area contributed by atoms with Crippen molar-refractivity contribution < 1.29 is 19.1 Å². The zero-order chi connectivity index (χ0) is 19.6. The molecule has 1 heterocycles. The number of hydrogen-bond donors (Lipinski definition) is 2. The summed E-state index contributed by atoms with van der Waals surface area (Å²) < 4.78 is 4.87. The average Bonchev–Trinajstić information content (AvgIpc) is 3.12. The minimum absolute atomic E-state index is 0.00275. The topological polar surface area (TPSA) is 84.5 Å². The molecule has 0 spiro atoms. The molecule has 27 heavy (non-hydrogen) atoms. The molecule has 2 rings (SSSR count). The van der Waals surface area contributed by atoms with E-state index in [9.17, 15) is 14.4 Å². The van der Waals surface area contributed by atoms with E-state index in [0.29, 0.717) is 0 Å². The van der Waals surface area contributed by atoms with Crippen LogP contribution >= 0.6 is 11.3 Å². The largest absolute Gasteiger partial charge is 0.452 e. The highest BCUT2D eigenvalue weighted by atomic mass is 32.1. The molecule has 1 aromatic carbocycles. The number of ether oxygens (including phenoxy) is 1. The van der Waals surface area contributed by atoms with Gasteiger partial charge < -0.3 is 15.4 Å². The summed E-state index contributed by atoms with van der Waals surface area (Å²) in [5, 5.41) is 5.03. The number of amides is 2. The van der Waals surface area contributed by atoms with Crippen molar-refractivity contribution in [1.29, 1.82) is 0 Å². The Labute approximate surface area is 162 Å². The van der Waals surface area contributed by atoms with E-state index < -0.39 is 18.5 Å². The Morgan fingerprint density at radius 1 is 1.07 bits per heavy atom. The first-order valence-corrected chi connectivity index (χ1v) is 9.32. The summed E-state index contributed by atoms with van der Waals surface area (Å²) in [5.41, 5.74) is 1.11. The zero-order valence-corrected chi connectivity index (χ0v) is 16.0. The van der Waals surface area contributed by atoms with Crippen molar-refractivity contribution in [3.8, 4) is 10.4 Å². The number of thiophene rings is 1. The molecule has 2 amide bonds. The number of rotatable bonds is 8. The van der Waals surface area contributed by atoms with Gasteiger partial charge in [0.15, 0.2) is 6.61 Å². The van der Waals surface area contributed by atoms with Crippen LogP contribution in [0.25, 0.3) is 16.5 Å².